The quantitative estimate of drug-likeness (QED) is 0.728. The molecular formula is C9H13NS. The molecule has 1 rings (SSSR count). The van der Waals surface area contributed by atoms with E-state index in [-0.39, 0.29) is 0 Å². The summed E-state index contributed by atoms with van der Waals surface area (Å²) in [6, 6.07) is 2.57. The number of hydrogen-bond donors (Lipinski definition) is 1. The van der Waals surface area contributed by atoms with Gasteiger partial charge in [-0.2, -0.15) is 11.3 Å². The van der Waals surface area contributed by atoms with Gasteiger partial charge in [0.1, 0.15) is 0 Å². The molecular weight excluding hydrogens is 154 g/mol. The lowest BCUT2D eigenvalue weighted by Gasteiger charge is -2.00. The molecule has 0 aliphatic rings. The fourth-order valence-corrected chi connectivity index (χ4v) is 1.35. The average Bonchev–Trinajstić information content (AvgIpc) is 2.52. The number of hydrogen-bond acceptors (Lipinski definition) is 2. The van der Waals surface area contributed by atoms with Crippen molar-refractivity contribution in [2.24, 2.45) is 0 Å². The lowest BCUT2D eigenvalue weighted by molar-refractivity contribution is 0.731. The molecule has 1 aromatic rings. The minimum atomic E-state index is 0.454. The molecule has 0 fully saturated rings. The lowest BCUT2D eigenvalue weighted by atomic mass is 10.2. The molecule has 0 bridgehead atoms. The molecule has 0 aromatic carbocycles. The first-order chi connectivity index (χ1) is 5.33. The first kappa shape index (κ1) is 8.50. The average molecular weight is 167 g/mol. The smallest absolute Gasteiger partial charge is 0.0221 e. The molecule has 60 valence electrons. The summed E-state index contributed by atoms with van der Waals surface area (Å²) in [4.78, 5) is 0. The van der Waals surface area contributed by atoms with Gasteiger partial charge in [0.05, 0.1) is 0 Å². The van der Waals surface area contributed by atoms with E-state index in [4.69, 9.17) is 0 Å². The van der Waals surface area contributed by atoms with Gasteiger partial charge in [-0.05, 0) is 36.4 Å². The molecule has 0 aliphatic heterocycles. The normalized spacial score (nSPS) is 14.0. The van der Waals surface area contributed by atoms with Crippen molar-refractivity contribution in [2.75, 3.05) is 7.05 Å². The van der Waals surface area contributed by atoms with E-state index in [0.717, 1.165) is 0 Å². The molecule has 1 atom stereocenters. The van der Waals surface area contributed by atoms with Crippen molar-refractivity contribution < 1.29 is 0 Å². The van der Waals surface area contributed by atoms with Gasteiger partial charge in [0.2, 0.25) is 0 Å². The van der Waals surface area contributed by atoms with E-state index in [2.05, 4.69) is 41.2 Å². The van der Waals surface area contributed by atoms with Crippen molar-refractivity contribution in [3.63, 3.8) is 0 Å². The molecule has 11 heavy (non-hydrogen) atoms. The number of rotatable bonds is 3. The van der Waals surface area contributed by atoms with Gasteiger partial charge in [-0.25, -0.2) is 0 Å². The van der Waals surface area contributed by atoms with Crippen LogP contribution in [-0.4, -0.2) is 13.1 Å². The molecule has 1 aromatic heterocycles. The Morgan fingerprint density at radius 1 is 1.64 bits per heavy atom. The van der Waals surface area contributed by atoms with Crippen molar-refractivity contribution in [2.45, 2.75) is 13.0 Å². The van der Waals surface area contributed by atoms with Gasteiger partial charge < -0.3 is 5.32 Å². The molecule has 0 radical (unpaired) electrons. The van der Waals surface area contributed by atoms with E-state index in [9.17, 15) is 0 Å². The number of nitrogens with one attached hydrogen (secondary N) is 1. The standard InChI is InChI=1S/C9H13NS/c1-8(10-2)3-4-9-5-6-11-7-9/h3-8,10H,1-2H3/b4-3+. The third kappa shape index (κ3) is 2.87. The van der Waals surface area contributed by atoms with Gasteiger partial charge in [-0.1, -0.05) is 12.2 Å². The molecule has 1 heterocycles. The second kappa shape index (κ2) is 4.31. The van der Waals surface area contributed by atoms with Crippen LogP contribution in [0.15, 0.2) is 22.9 Å². The van der Waals surface area contributed by atoms with E-state index >= 15 is 0 Å². The van der Waals surface area contributed by atoms with Crippen LogP contribution in [0.1, 0.15) is 12.5 Å². The Kier molecular flexibility index (Phi) is 3.33. The van der Waals surface area contributed by atoms with E-state index < -0.39 is 0 Å². The Labute approximate surface area is 71.8 Å². The number of likely N-dealkylation sites (N-methyl/N-ethyl adjacent to an activating group) is 1. The van der Waals surface area contributed by atoms with E-state index in [1.54, 1.807) is 11.3 Å². The third-order valence-corrected chi connectivity index (χ3v) is 2.28. The highest BCUT2D eigenvalue weighted by Crippen LogP contribution is 2.07. The van der Waals surface area contributed by atoms with Crippen LogP contribution in [0, 0.1) is 0 Å². The first-order valence-corrected chi connectivity index (χ1v) is 4.65. The van der Waals surface area contributed by atoms with Crippen molar-refractivity contribution in [1.29, 1.82) is 0 Å². The van der Waals surface area contributed by atoms with Crippen molar-refractivity contribution in [3.8, 4) is 0 Å². The van der Waals surface area contributed by atoms with Crippen molar-refractivity contribution in [1.82, 2.24) is 5.32 Å². The second-order valence-corrected chi connectivity index (χ2v) is 3.27. The van der Waals surface area contributed by atoms with Crippen LogP contribution in [-0.2, 0) is 0 Å². The molecule has 2 heteroatoms. The Balaban J connectivity index is 2.48. The summed E-state index contributed by atoms with van der Waals surface area (Å²) in [7, 11) is 1.96. The Morgan fingerprint density at radius 2 is 2.45 bits per heavy atom. The Bertz CT molecular complexity index is 213. The van der Waals surface area contributed by atoms with Crippen LogP contribution in [0.3, 0.4) is 0 Å². The fraction of sp³-hybridized carbons (Fsp3) is 0.333. The van der Waals surface area contributed by atoms with Gasteiger partial charge in [0.15, 0.2) is 0 Å². The summed E-state index contributed by atoms with van der Waals surface area (Å²) in [6.45, 7) is 2.13. The highest BCUT2D eigenvalue weighted by Gasteiger charge is 1.89. The minimum absolute atomic E-state index is 0.454. The first-order valence-electron chi connectivity index (χ1n) is 3.70. The molecule has 1 nitrogen and oxygen atoms in total. The molecule has 1 N–H and O–H groups in total. The van der Waals surface area contributed by atoms with Crippen molar-refractivity contribution in [3.05, 3.63) is 28.5 Å². The summed E-state index contributed by atoms with van der Waals surface area (Å²) in [5.74, 6) is 0. The van der Waals surface area contributed by atoms with Crippen LogP contribution in [0.25, 0.3) is 6.08 Å². The van der Waals surface area contributed by atoms with Gasteiger partial charge in [-0.3, -0.25) is 0 Å². The van der Waals surface area contributed by atoms with E-state index in [0.29, 0.717) is 6.04 Å². The van der Waals surface area contributed by atoms with E-state index in [1.807, 2.05) is 7.05 Å². The van der Waals surface area contributed by atoms with Gasteiger partial charge in [-0.15, -0.1) is 0 Å². The van der Waals surface area contributed by atoms with Crippen LogP contribution in [0.4, 0.5) is 0 Å². The summed E-state index contributed by atoms with van der Waals surface area (Å²) in [6.07, 6.45) is 4.29. The molecule has 0 aliphatic carbocycles. The highest BCUT2D eigenvalue weighted by molar-refractivity contribution is 7.08. The SMILES string of the molecule is CNC(C)/C=C/c1ccsc1. The van der Waals surface area contributed by atoms with Crippen LogP contribution >= 0.6 is 11.3 Å². The van der Waals surface area contributed by atoms with Crippen LogP contribution in [0.2, 0.25) is 0 Å². The zero-order valence-corrected chi connectivity index (χ0v) is 7.69. The largest absolute Gasteiger partial charge is 0.314 e. The maximum absolute atomic E-state index is 3.14. The predicted octanol–water partition coefficient (Wildman–Crippen LogP) is 2.37. The highest BCUT2D eigenvalue weighted by atomic mass is 32.1. The van der Waals surface area contributed by atoms with Crippen LogP contribution < -0.4 is 5.32 Å². The minimum Gasteiger partial charge on any atom is -0.314 e. The van der Waals surface area contributed by atoms with Crippen molar-refractivity contribution >= 4 is 17.4 Å². The molecule has 0 saturated heterocycles. The summed E-state index contributed by atoms with van der Waals surface area (Å²) < 4.78 is 0. The van der Waals surface area contributed by atoms with E-state index in [1.165, 1.54) is 5.56 Å². The summed E-state index contributed by atoms with van der Waals surface area (Å²) in [5, 5.41) is 7.37. The molecule has 0 amide bonds. The Hall–Kier alpha value is -0.600. The van der Waals surface area contributed by atoms with Crippen LogP contribution in [0.5, 0.6) is 0 Å². The lowest BCUT2D eigenvalue weighted by Crippen LogP contribution is -2.17. The Morgan fingerprint density at radius 3 is 3.00 bits per heavy atom. The maximum atomic E-state index is 3.14. The molecule has 0 saturated carbocycles. The second-order valence-electron chi connectivity index (χ2n) is 2.49. The third-order valence-electron chi connectivity index (χ3n) is 1.58. The predicted molar refractivity (Wildman–Crippen MR) is 51.9 cm³/mol. The maximum Gasteiger partial charge on any atom is 0.0221 e. The topological polar surface area (TPSA) is 12.0 Å². The van der Waals surface area contributed by atoms with Gasteiger partial charge in [0, 0.05) is 6.04 Å². The fourth-order valence-electron chi connectivity index (χ4n) is 0.721. The monoisotopic (exact) mass is 167 g/mol. The van der Waals surface area contributed by atoms with Gasteiger partial charge >= 0.3 is 0 Å². The molecule has 0 spiro atoms. The molecule has 1 unspecified atom stereocenters. The zero-order valence-electron chi connectivity index (χ0n) is 6.87. The van der Waals surface area contributed by atoms with Gasteiger partial charge in [0.25, 0.3) is 0 Å². The summed E-state index contributed by atoms with van der Waals surface area (Å²) >= 11 is 1.73. The summed E-state index contributed by atoms with van der Waals surface area (Å²) in [5.41, 5.74) is 1.29. The number of thiophene rings is 1. The zero-order chi connectivity index (χ0) is 8.10.